The molecule has 0 fully saturated rings. The van der Waals surface area contributed by atoms with Crippen molar-refractivity contribution in [3.8, 4) is 11.8 Å². The summed E-state index contributed by atoms with van der Waals surface area (Å²) in [6, 6.07) is 5.47. The maximum Gasteiger partial charge on any atom is 0.342 e. The summed E-state index contributed by atoms with van der Waals surface area (Å²) in [6.45, 7) is 6.43. The summed E-state index contributed by atoms with van der Waals surface area (Å²) >= 11 is 0. The highest BCUT2D eigenvalue weighted by molar-refractivity contribution is 7.89. The average Bonchev–Trinajstić information content (AvgIpc) is 2.59. The van der Waals surface area contributed by atoms with Crippen LogP contribution in [0.15, 0.2) is 23.1 Å². The van der Waals surface area contributed by atoms with Crippen LogP contribution in [0.3, 0.4) is 0 Å². The molecule has 10 heteroatoms. The van der Waals surface area contributed by atoms with Crippen LogP contribution < -0.4 is 15.2 Å². The second-order valence-corrected chi connectivity index (χ2v) is 7.97. The Morgan fingerprint density at radius 1 is 1.30 bits per heavy atom. The van der Waals surface area contributed by atoms with Crippen molar-refractivity contribution in [1.29, 1.82) is 5.26 Å². The number of nitriles is 1. The molecule has 27 heavy (non-hydrogen) atoms. The smallest absolute Gasteiger partial charge is 0.342 e. The van der Waals surface area contributed by atoms with E-state index < -0.39 is 33.5 Å². The Morgan fingerprint density at radius 2 is 1.89 bits per heavy atom. The van der Waals surface area contributed by atoms with Crippen LogP contribution in [0.4, 0.5) is 0 Å². The topological polar surface area (TPSA) is 149 Å². The van der Waals surface area contributed by atoms with Crippen molar-refractivity contribution >= 4 is 21.9 Å². The molecule has 0 aliphatic heterocycles. The molecule has 2 atom stereocenters. The van der Waals surface area contributed by atoms with Crippen molar-refractivity contribution in [2.24, 2.45) is 11.1 Å². The number of nitrogens with one attached hydrogen (secondary N) is 1. The third-order valence-electron chi connectivity index (χ3n) is 4.14. The normalized spacial score (nSPS) is 14.6. The van der Waals surface area contributed by atoms with E-state index >= 15 is 0 Å². The molecule has 0 aliphatic rings. The second-order valence-electron chi connectivity index (χ2n) is 6.41. The van der Waals surface area contributed by atoms with Gasteiger partial charge in [-0.15, -0.1) is 0 Å². The summed E-state index contributed by atoms with van der Waals surface area (Å²) < 4.78 is 33.1. The van der Waals surface area contributed by atoms with Gasteiger partial charge in [0.2, 0.25) is 10.0 Å². The maximum absolute atomic E-state index is 12.4. The quantitative estimate of drug-likeness (QED) is 0.650. The first-order valence-corrected chi connectivity index (χ1v) is 9.55. The largest absolute Gasteiger partial charge is 0.496 e. The number of primary sulfonamides is 1. The minimum atomic E-state index is -4.04. The lowest BCUT2D eigenvalue weighted by Crippen LogP contribution is -2.52. The van der Waals surface area contributed by atoms with Crippen LogP contribution in [0.25, 0.3) is 0 Å². The Kier molecular flexibility index (Phi) is 6.94. The van der Waals surface area contributed by atoms with Crippen LogP contribution >= 0.6 is 0 Å². The summed E-state index contributed by atoms with van der Waals surface area (Å²) in [5, 5.41) is 16.9. The fourth-order valence-corrected chi connectivity index (χ4v) is 2.50. The van der Waals surface area contributed by atoms with E-state index in [9.17, 15) is 23.3 Å². The molecule has 3 N–H and O–H groups in total. The third kappa shape index (κ3) is 5.42. The van der Waals surface area contributed by atoms with E-state index in [4.69, 9.17) is 14.6 Å². The van der Waals surface area contributed by atoms with Gasteiger partial charge in [-0.25, -0.2) is 18.4 Å². The number of hydrogen-bond acceptors (Lipinski definition) is 7. The lowest BCUT2D eigenvalue weighted by atomic mass is 9.90. The molecule has 0 radical (unpaired) electrons. The number of nitrogens with zero attached hydrogens (tertiary/aromatic N) is 1. The molecular formula is C17H23N3O6S. The van der Waals surface area contributed by atoms with E-state index in [-0.39, 0.29) is 22.1 Å². The third-order valence-corrected chi connectivity index (χ3v) is 5.05. The summed E-state index contributed by atoms with van der Waals surface area (Å²) in [4.78, 5) is 24.4. The number of sulfonamides is 1. The molecule has 0 spiro atoms. The zero-order valence-electron chi connectivity index (χ0n) is 15.8. The van der Waals surface area contributed by atoms with Gasteiger partial charge in [0.25, 0.3) is 5.91 Å². The first kappa shape index (κ1) is 22.4. The highest BCUT2D eigenvalue weighted by Gasteiger charge is 2.33. The number of hydrogen-bond donors (Lipinski definition) is 2. The molecule has 0 saturated carbocycles. The van der Waals surface area contributed by atoms with Crippen molar-refractivity contribution < 1.29 is 27.5 Å². The molecule has 1 amide bonds. The van der Waals surface area contributed by atoms with Gasteiger partial charge >= 0.3 is 5.97 Å². The van der Waals surface area contributed by atoms with Gasteiger partial charge < -0.3 is 14.8 Å². The number of rotatable bonds is 7. The van der Waals surface area contributed by atoms with Crippen LogP contribution in [-0.2, 0) is 19.6 Å². The molecular weight excluding hydrogens is 374 g/mol. The SMILES string of the molecule is COc1ccc(S(N)(=O)=O)cc1C(=O)O[C@@H](C)C(=O)N[C@@](C)(C#N)C(C)C. The number of carbonyl (C=O) groups is 2. The van der Waals surface area contributed by atoms with Gasteiger partial charge in [-0.05, 0) is 38.0 Å². The number of benzene rings is 1. The standard InChI is InChI=1S/C17H23N3O6S/c1-10(2)17(4,9-18)20-15(21)11(3)26-16(22)13-8-12(27(19,23)24)6-7-14(13)25-5/h6-8,10-11H,1-5H3,(H,20,21)(H2,19,23,24)/t11-,17-/m0/s1. The molecule has 0 bridgehead atoms. The van der Waals surface area contributed by atoms with Gasteiger partial charge in [-0.3, -0.25) is 4.79 Å². The van der Waals surface area contributed by atoms with Gasteiger partial charge in [0.15, 0.2) is 6.10 Å². The predicted octanol–water partition coefficient (Wildman–Crippen LogP) is 0.942. The minimum Gasteiger partial charge on any atom is -0.496 e. The van der Waals surface area contributed by atoms with Gasteiger partial charge in [0.1, 0.15) is 16.9 Å². The summed E-state index contributed by atoms with van der Waals surface area (Å²) in [7, 11) is -2.75. The fourth-order valence-electron chi connectivity index (χ4n) is 1.96. The van der Waals surface area contributed by atoms with Crippen molar-refractivity contribution in [2.45, 2.75) is 44.2 Å². The molecule has 1 aromatic rings. The molecule has 0 unspecified atom stereocenters. The van der Waals surface area contributed by atoms with Crippen molar-refractivity contribution in [3.05, 3.63) is 23.8 Å². The molecule has 0 aromatic heterocycles. The molecule has 1 aromatic carbocycles. The van der Waals surface area contributed by atoms with Crippen molar-refractivity contribution in [2.75, 3.05) is 7.11 Å². The molecule has 0 aliphatic carbocycles. The number of carbonyl (C=O) groups excluding carboxylic acids is 2. The Bertz CT molecular complexity index is 875. The Hall–Kier alpha value is -2.64. The van der Waals surface area contributed by atoms with Crippen molar-refractivity contribution in [3.63, 3.8) is 0 Å². The summed E-state index contributed by atoms with van der Waals surface area (Å²) in [6.07, 6.45) is -1.23. The van der Waals surface area contributed by atoms with E-state index in [1.165, 1.54) is 26.2 Å². The first-order valence-electron chi connectivity index (χ1n) is 8.00. The number of esters is 1. The van der Waals surface area contributed by atoms with E-state index in [0.717, 1.165) is 6.07 Å². The second kappa shape index (κ2) is 8.37. The molecule has 1 rings (SSSR count). The van der Waals surface area contributed by atoms with Gasteiger partial charge in [0, 0.05) is 0 Å². The number of nitrogens with two attached hydrogens (primary N) is 1. The van der Waals surface area contributed by atoms with Gasteiger partial charge in [-0.1, -0.05) is 13.8 Å². The molecule has 9 nitrogen and oxygen atoms in total. The lowest BCUT2D eigenvalue weighted by molar-refractivity contribution is -0.130. The van der Waals surface area contributed by atoms with Crippen LogP contribution in [0.2, 0.25) is 0 Å². The summed E-state index contributed by atoms with van der Waals surface area (Å²) in [5.41, 5.74) is -1.33. The predicted molar refractivity (Wildman–Crippen MR) is 96.2 cm³/mol. The number of methoxy groups -OCH3 is 1. The van der Waals surface area contributed by atoms with Crippen LogP contribution in [0.1, 0.15) is 38.1 Å². The average molecular weight is 397 g/mol. The summed E-state index contributed by atoms with van der Waals surface area (Å²) in [5.74, 6) is -1.75. The van der Waals surface area contributed by atoms with Crippen LogP contribution in [0.5, 0.6) is 5.75 Å². The van der Waals surface area contributed by atoms with Crippen molar-refractivity contribution in [1.82, 2.24) is 5.32 Å². The van der Waals surface area contributed by atoms with Gasteiger partial charge in [-0.2, -0.15) is 5.26 Å². The molecule has 0 saturated heterocycles. The van der Waals surface area contributed by atoms with Crippen LogP contribution in [0, 0.1) is 17.2 Å². The molecule has 0 heterocycles. The Balaban J connectivity index is 3.05. The van der Waals surface area contributed by atoms with E-state index in [0.29, 0.717) is 0 Å². The highest BCUT2D eigenvalue weighted by atomic mass is 32.2. The first-order chi connectivity index (χ1) is 12.4. The van der Waals surface area contributed by atoms with E-state index in [2.05, 4.69) is 5.32 Å². The zero-order valence-corrected chi connectivity index (χ0v) is 16.6. The Labute approximate surface area is 158 Å². The van der Waals surface area contributed by atoms with E-state index in [1.807, 2.05) is 6.07 Å². The van der Waals surface area contributed by atoms with Crippen LogP contribution in [-0.4, -0.2) is 39.0 Å². The number of ether oxygens (including phenoxy) is 2. The molecule has 148 valence electrons. The van der Waals surface area contributed by atoms with Gasteiger partial charge in [0.05, 0.1) is 18.1 Å². The highest BCUT2D eigenvalue weighted by Crippen LogP contribution is 2.23. The zero-order chi connectivity index (χ0) is 21.0. The monoisotopic (exact) mass is 397 g/mol. The Morgan fingerprint density at radius 3 is 2.33 bits per heavy atom. The van der Waals surface area contributed by atoms with E-state index in [1.54, 1.807) is 20.8 Å². The minimum absolute atomic E-state index is 0.0593. The fraction of sp³-hybridized carbons (Fsp3) is 0.471. The number of amides is 1. The lowest BCUT2D eigenvalue weighted by Gasteiger charge is -2.28. The maximum atomic E-state index is 12.4.